The highest BCUT2D eigenvalue weighted by Gasteiger charge is 2.29. The normalized spacial score (nSPS) is 16.1. The molecule has 5 nitrogen and oxygen atoms in total. The fourth-order valence-corrected chi connectivity index (χ4v) is 6.62. The van der Waals surface area contributed by atoms with E-state index in [2.05, 4.69) is 43.0 Å². The summed E-state index contributed by atoms with van der Waals surface area (Å²) in [5.41, 5.74) is 7.08. The van der Waals surface area contributed by atoms with Crippen LogP contribution >= 0.6 is 23.4 Å². The number of piperazine rings is 1. The van der Waals surface area contributed by atoms with Crippen molar-refractivity contribution in [2.75, 3.05) is 36.0 Å². The van der Waals surface area contributed by atoms with Crippen molar-refractivity contribution in [2.24, 2.45) is 0 Å². The molecule has 4 aromatic carbocycles. The van der Waals surface area contributed by atoms with Crippen molar-refractivity contribution in [1.82, 2.24) is 4.90 Å². The number of halogens is 1. The molecule has 2 aliphatic rings. The van der Waals surface area contributed by atoms with Crippen LogP contribution in [0.15, 0.2) is 101 Å². The molecule has 0 spiro atoms. The molecule has 4 aromatic rings. The largest absolute Gasteiger partial charge is 0.368 e. The number of carbonyl (C=O) groups excluding carboxylic acids is 2. The predicted octanol–water partition coefficient (Wildman–Crippen LogP) is 7.60. The van der Waals surface area contributed by atoms with Crippen LogP contribution in [-0.2, 0) is 11.3 Å². The highest BCUT2D eigenvalue weighted by molar-refractivity contribution is 8.04. The van der Waals surface area contributed by atoms with Crippen LogP contribution in [0.3, 0.4) is 0 Å². The first kappa shape index (κ1) is 28.1. The molecule has 2 amide bonds. The van der Waals surface area contributed by atoms with Gasteiger partial charge in [0.05, 0.1) is 17.1 Å². The van der Waals surface area contributed by atoms with Crippen LogP contribution in [0.25, 0.3) is 6.08 Å². The van der Waals surface area contributed by atoms with Gasteiger partial charge in [0.25, 0.3) is 11.8 Å². The number of fused-ring (bicyclic) bond motifs is 1. The third-order valence-electron chi connectivity index (χ3n) is 7.88. The Labute approximate surface area is 256 Å². The number of carbonyl (C=O) groups is 2. The maximum absolute atomic E-state index is 13.8. The number of amides is 2. The van der Waals surface area contributed by atoms with E-state index in [1.165, 1.54) is 22.9 Å². The van der Waals surface area contributed by atoms with Crippen LogP contribution in [-0.4, -0.2) is 42.9 Å². The summed E-state index contributed by atoms with van der Waals surface area (Å²) in [6.07, 6.45) is 1.93. The Morgan fingerprint density at radius 2 is 1.60 bits per heavy atom. The van der Waals surface area contributed by atoms with Crippen LogP contribution in [0.1, 0.15) is 32.6 Å². The molecular weight excluding hydrogens is 562 g/mol. The topological polar surface area (TPSA) is 43.9 Å². The maximum atomic E-state index is 13.8. The molecule has 7 heteroatoms. The second-order valence-corrected chi connectivity index (χ2v) is 12.3. The molecule has 42 heavy (non-hydrogen) atoms. The molecule has 0 aromatic heterocycles. The van der Waals surface area contributed by atoms with Crippen molar-refractivity contribution >= 4 is 52.6 Å². The Morgan fingerprint density at radius 1 is 0.881 bits per heavy atom. The lowest BCUT2D eigenvalue weighted by Crippen LogP contribution is -2.48. The Morgan fingerprint density at radius 3 is 2.33 bits per heavy atom. The van der Waals surface area contributed by atoms with Gasteiger partial charge >= 0.3 is 0 Å². The van der Waals surface area contributed by atoms with Crippen molar-refractivity contribution in [2.45, 2.75) is 25.3 Å². The van der Waals surface area contributed by atoms with E-state index in [4.69, 9.17) is 11.6 Å². The molecule has 2 heterocycles. The van der Waals surface area contributed by atoms with Gasteiger partial charge in [-0.15, -0.1) is 0 Å². The number of para-hydroxylation sites is 1. The van der Waals surface area contributed by atoms with Crippen molar-refractivity contribution in [1.29, 1.82) is 0 Å². The summed E-state index contributed by atoms with van der Waals surface area (Å²) < 4.78 is 0. The number of benzene rings is 4. The van der Waals surface area contributed by atoms with Gasteiger partial charge in [0.2, 0.25) is 0 Å². The minimum Gasteiger partial charge on any atom is -0.368 e. The number of thioether (sulfide) groups is 1. The van der Waals surface area contributed by atoms with Crippen LogP contribution in [0.4, 0.5) is 11.4 Å². The smallest absolute Gasteiger partial charge is 0.265 e. The molecule has 0 N–H and O–H groups in total. The van der Waals surface area contributed by atoms with E-state index in [1.807, 2.05) is 82.6 Å². The summed E-state index contributed by atoms with van der Waals surface area (Å²) in [6, 6.07) is 29.8. The lowest BCUT2D eigenvalue weighted by molar-refractivity contribution is -0.114. The number of nitrogens with zero attached hydrogens (tertiary/aromatic N) is 3. The predicted molar refractivity (Wildman–Crippen MR) is 173 cm³/mol. The minimum atomic E-state index is -0.0154. The number of rotatable bonds is 5. The molecule has 1 saturated heterocycles. The van der Waals surface area contributed by atoms with E-state index < -0.39 is 0 Å². The Bertz CT molecular complexity index is 1660. The SMILES string of the molecule is Cc1ccc(C)c(CN2C(=O)/C(=C/c3ccc(C(=O)N4CCN(c5ccc(Cl)cc5)CC4)cc3)Sc3ccccc32)c1. The van der Waals surface area contributed by atoms with Gasteiger partial charge in [-0.3, -0.25) is 9.59 Å². The van der Waals surface area contributed by atoms with Crippen molar-refractivity contribution in [3.63, 3.8) is 0 Å². The van der Waals surface area contributed by atoms with Crippen molar-refractivity contribution in [3.8, 4) is 0 Å². The Hall–Kier alpha value is -4.00. The zero-order valence-corrected chi connectivity index (χ0v) is 25.3. The summed E-state index contributed by atoms with van der Waals surface area (Å²) in [7, 11) is 0. The van der Waals surface area contributed by atoms with Crippen LogP contribution < -0.4 is 9.80 Å². The van der Waals surface area contributed by atoms with Gasteiger partial charge in [-0.25, -0.2) is 0 Å². The van der Waals surface area contributed by atoms with Gasteiger partial charge in [0.15, 0.2) is 0 Å². The highest BCUT2D eigenvalue weighted by Crippen LogP contribution is 2.42. The van der Waals surface area contributed by atoms with Gasteiger partial charge in [-0.05, 0) is 85.1 Å². The molecule has 0 unspecified atom stereocenters. The van der Waals surface area contributed by atoms with E-state index in [9.17, 15) is 9.59 Å². The average molecular weight is 594 g/mol. The molecule has 0 radical (unpaired) electrons. The van der Waals surface area contributed by atoms with Crippen LogP contribution in [0.5, 0.6) is 0 Å². The maximum Gasteiger partial charge on any atom is 0.265 e. The van der Waals surface area contributed by atoms with Gasteiger partial charge < -0.3 is 14.7 Å². The zero-order valence-electron chi connectivity index (χ0n) is 23.7. The summed E-state index contributed by atoms with van der Waals surface area (Å²) in [5, 5.41) is 0.720. The first-order chi connectivity index (χ1) is 20.4. The quantitative estimate of drug-likeness (QED) is 0.224. The molecule has 1 fully saturated rings. The van der Waals surface area contributed by atoms with Gasteiger partial charge in [0.1, 0.15) is 0 Å². The first-order valence-corrected chi connectivity index (χ1v) is 15.3. The van der Waals surface area contributed by atoms with E-state index in [1.54, 1.807) is 0 Å². The number of hydrogen-bond acceptors (Lipinski definition) is 4. The molecule has 0 bridgehead atoms. The number of aryl methyl sites for hydroxylation is 2. The lowest BCUT2D eigenvalue weighted by atomic mass is 10.0. The molecule has 0 saturated carbocycles. The average Bonchev–Trinajstić information content (AvgIpc) is 3.01. The third-order valence-corrected chi connectivity index (χ3v) is 9.21. The Balaban J connectivity index is 1.16. The summed E-state index contributed by atoms with van der Waals surface area (Å²) in [5.74, 6) is 0.0139. The lowest BCUT2D eigenvalue weighted by Gasteiger charge is -2.36. The summed E-state index contributed by atoms with van der Waals surface area (Å²) in [4.78, 5) is 34.8. The summed E-state index contributed by atoms with van der Waals surface area (Å²) in [6.45, 7) is 7.55. The van der Waals surface area contributed by atoms with Gasteiger partial charge in [-0.2, -0.15) is 0 Å². The Kier molecular flexibility index (Phi) is 8.09. The number of anilines is 2. The van der Waals surface area contributed by atoms with Crippen molar-refractivity contribution in [3.05, 3.63) is 129 Å². The fourth-order valence-electron chi connectivity index (χ4n) is 5.44. The molecule has 0 atom stereocenters. The monoisotopic (exact) mass is 593 g/mol. The standard InChI is InChI=1S/C35H32ClN3O2S/c1-24-7-8-25(2)28(21-24)23-39-31-5-3-4-6-32(31)42-33(35(39)41)22-26-9-11-27(12-10-26)34(40)38-19-17-37(18-20-38)30-15-13-29(36)14-16-30/h3-16,21-22H,17-20,23H2,1-2H3/b33-22-. The van der Waals surface area contributed by atoms with E-state index in [0.717, 1.165) is 45.5 Å². The molecule has 212 valence electrons. The first-order valence-electron chi connectivity index (χ1n) is 14.1. The second-order valence-electron chi connectivity index (χ2n) is 10.8. The second kappa shape index (κ2) is 12.1. The van der Waals surface area contributed by atoms with Crippen LogP contribution in [0, 0.1) is 13.8 Å². The van der Waals surface area contributed by atoms with Gasteiger partial charge in [0, 0.05) is 47.3 Å². The minimum absolute atomic E-state index is 0.0154. The van der Waals surface area contributed by atoms with E-state index in [0.29, 0.717) is 30.1 Å². The molecular formula is C35H32ClN3O2S. The molecule has 2 aliphatic heterocycles. The molecule has 6 rings (SSSR count). The van der Waals surface area contributed by atoms with E-state index in [-0.39, 0.29) is 11.8 Å². The van der Waals surface area contributed by atoms with Gasteiger partial charge in [-0.1, -0.05) is 71.4 Å². The van der Waals surface area contributed by atoms with Crippen LogP contribution in [0.2, 0.25) is 5.02 Å². The highest BCUT2D eigenvalue weighted by atomic mass is 35.5. The zero-order chi connectivity index (χ0) is 29.2. The van der Waals surface area contributed by atoms with E-state index >= 15 is 0 Å². The third kappa shape index (κ3) is 5.96. The summed E-state index contributed by atoms with van der Waals surface area (Å²) >= 11 is 7.52. The fraction of sp³-hybridized carbons (Fsp3) is 0.200. The number of hydrogen-bond donors (Lipinski definition) is 0. The van der Waals surface area contributed by atoms with Crippen molar-refractivity contribution < 1.29 is 9.59 Å². The molecule has 0 aliphatic carbocycles.